The summed E-state index contributed by atoms with van der Waals surface area (Å²) in [5, 5.41) is 0.970. The summed E-state index contributed by atoms with van der Waals surface area (Å²) in [5.41, 5.74) is 4.58. The standard InChI is InChI=1S/C31H37N3O5/c1-6-34-30(36)33-18-21-16-22(37-4)17-25(38-5)27(21)19(2)15-26(33)31(34)11-13-32(14-12-31)29(35)28-20(3)23-9-7-8-10-24(23)39-28/h7-10,15,17,19,22H,6,11-14,16,18H2,1-5H3/t19-,22?/m0/s1. The Morgan fingerprint density at radius 3 is 2.56 bits per heavy atom. The van der Waals surface area contributed by atoms with Crippen LogP contribution >= 0.6 is 0 Å². The molecule has 1 aliphatic carbocycles. The van der Waals surface area contributed by atoms with Gasteiger partial charge in [-0.3, -0.25) is 9.69 Å². The molecule has 0 radical (unpaired) electrons. The summed E-state index contributed by atoms with van der Waals surface area (Å²) in [6, 6.07) is 7.80. The van der Waals surface area contributed by atoms with Gasteiger partial charge in [0.2, 0.25) is 0 Å². The van der Waals surface area contributed by atoms with E-state index in [1.54, 1.807) is 14.2 Å². The van der Waals surface area contributed by atoms with E-state index in [2.05, 4.69) is 13.0 Å². The molecule has 1 spiro atoms. The predicted molar refractivity (Wildman–Crippen MR) is 148 cm³/mol. The highest BCUT2D eigenvalue weighted by Gasteiger charge is 2.55. The fraction of sp³-hybridized carbons (Fsp3) is 0.484. The van der Waals surface area contributed by atoms with Crippen LogP contribution in [0.2, 0.25) is 0 Å². The Balaban J connectivity index is 1.30. The fourth-order valence-electron chi connectivity index (χ4n) is 7.17. The van der Waals surface area contributed by atoms with Gasteiger partial charge in [-0.1, -0.05) is 31.2 Å². The topological polar surface area (TPSA) is 75.5 Å². The van der Waals surface area contributed by atoms with Gasteiger partial charge in [-0.05, 0) is 44.4 Å². The lowest BCUT2D eigenvalue weighted by Crippen LogP contribution is -2.54. The number of carbonyl (C=O) groups excluding carboxylic acids is 2. The largest absolute Gasteiger partial charge is 0.497 e. The van der Waals surface area contributed by atoms with E-state index in [9.17, 15) is 9.59 Å². The minimum absolute atomic E-state index is 0.0418. The number of urea groups is 1. The number of ether oxygens (including phenoxy) is 2. The number of para-hydroxylation sites is 1. The number of allylic oxidation sites excluding steroid dienone is 2. The van der Waals surface area contributed by atoms with Crippen molar-refractivity contribution in [3.8, 4) is 0 Å². The molecule has 6 rings (SSSR count). The van der Waals surface area contributed by atoms with E-state index < -0.39 is 5.54 Å². The Hall–Kier alpha value is -3.52. The van der Waals surface area contributed by atoms with Crippen molar-refractivity contribution in [2.45, 2.75) is 51.7 Å². The number of benzene rings is 1. The van der Waals surface area contributed by atoms with Crippen molar-refractivity contribution in [3.05, 3.63) is 70.3 Å². The van der Waals surface area contributed by atoms with Crippen LogP contribution in [0.15, 0.2) is 63.4 Å². The maximum Gasteiger partial charge on any atom is 0.325 e. The van der Waals surface area contributed by atoms with Crippen LogP contribution in [0, 0.1) is 12.8 Å². The molecule has 39 heavy (non-hydrogen) atoms. The predicted octanol–water partition coefficient (Wildman–Crippen LogP) is 5.25. The molecule has 4 aliphatic rings. The van der Waals surface area contributed by atoms with Crippen molar-refractivity contribution >= 4 is 22.9 Å². The summed E-state index contributed by atoms with van der Waals surface area (Å²) in [7, 11) is 3.41. The first-order valence-corrected chi connectivity index (χ1v) is 13.9. The maximum atomic E-state index is 13.9. The number of hydrogen-bond acceptors (Lipinski definition) is 5. The number of likely N-dealkylation sites (tertiary alicyclic amines) is 1. The van der Waals surface area contributed by atoms with E-state index in [1.807, 2.05) is 58.9 Å². The van der Waals surface area contributed by atoms with E-state index in [0.717, 1.165) is 40.0 Å². The molecule has 2 atom stereocenters. The smallest absolute Gasteiger partial charge is 0.325 e. The molecule has 3 amide bonds. The van der Waals surface area contributed by atoms with Gasteiger partial charge >= 0.3 is 6.03 Å². The second-order valence-electron chi connectivity index (χ2n) is 11.1. The lowest BCUT2D eigenvalue weighted by molar-refractivity contribution is 0.0548. The maximum absolute atomic E-state index is 13.9. The molecule has 1 aromatic carbocycles. The summed E-state index contributed by atoms with van der Waals surface area (Å²) >= 11 is 0. The normalized spacial score (nSPS) is 24.5. The lowest BCUT2D eigenvalue weighted by Gasteiger charge is -2.44. The van der Waals surface area contributed by atoms with Crippen molar-refractivity contribution in [1.29, 1.82) is 0 Å². The van der Waals surface area contributed by atoms with Gasteiger partial charge < -0.3 is 23.7 Å². The number of fused-ring (bicyclic) bond motifs is 3. The molecule has 0 bridgehead atoms. The number of hydrogen-bond donors (Lipinski definition) is 0. The van der Waals surface area contributed by atoms with Gasteiger partial charge in [0, 0.05) is 67.8 Å². The number of piperidine rings is 1. The summed E-state index contributed by atoms with van der Waals surface area (Å²) in [5.74, 6) is 1.26. The Morgan fingerprint density at radius 2 is 1.90 bits per heavy atom. The summed E-state index contributed by atoms with van der Waals surface area (Å²) in [4.78, 5) is 33.3. The van der Waals surface area contributed by atoms with E-state index >= 15 is 0 Å². The minimum Gasteiger partial charge on any atom is -0.497 e. The quantitative estimate of drug-likeness (QED) is 0.539. The number of carbonyl (C=O) groups is 2. The zero-order valence-electron chi connectivity index (χ0n) is 23.5. The highest BCUT2D eigenvalue weighted by atomic mass is 16.5. The van der Waals surface area contributed by atoms with Crippen LogP contribution in [0.4, 0.5) is 4.79 Å². The van der Waals surface area contributed by atoms with Gasteiger partial charge in [-0.25, -0.2) is 4.79 Å². The third-order valence-corrected chi connectivity index (χ3v) is 9.14. The van der Waals surface area contributed by atoms with Gasteiger partial charge in [0.25, 0.3) is 5.91 Å². The second kappa shape index (κ2) is 9.59. The van der Waals surface area contributed by atoms with Crippen molar-refractivity contribution in [3.63, 3.8) is 0 Å². The van der Waals surface area contributed by atoms with E-state index in [1.165, 1.54) is 5.57 Å². The van der Waals surface area contributed by atoms with Crippen LogP contribution < -0.4 is 0 Å². The molecule has 1 aromatic heterocycles. The third-order valence-electron chi connectivity index (χ3n) is 9.14. The lowest BCUT2D eigenvalue weighted by atomic mass is 9.81. The number of methoxy groups -OCH3 is 2. The molecule has 4 heterocycles. The first-order chi connectivity index (χ1) is 18.8. The van der Waals surface area contributed by atoms with Crippen LogP contribution in [0.3, 0.4) is 0 Å². The highest BCUT2D eigenvalue weighted by molar-refractivity contribution is 5.99. The Kier molecular flexibility index (Phi) is 6.33. The average molecular weight is 532 g/mol. The van der Waals surface area contributed by atoms with Crippen LogP contribution in [0.1, 0.15) is 49.2 Å². The number of amides is 3. The van der Waals surface area contributed by atoms with Gasteiger partial charge in [0.05, 0.1) is 18.8 Å². The van der Waals surface area contributed by atoms with Crippen molar-refractivity contribution in [2.75, 3.05) is 40.4 Å². The molecule has 0 saturated carbocycles. The SMILES string of the molecule is CCN1C(=O)N2CC3=C(C(OC)=CC(OC)C3)[C@@H](C)C=C2C12CCN(C(=O)c1oc3ccccc3c1C)CC2. The molecule has 8 nitrogen and oxygen atoms in total. The van der Waals surface area contributed by atoms with Gasteiger partial charge in [0.1, 0.15) is 11.3 Å². The van der Waals surface area contributed by atoms with Gasteiger partial charge in [-0.2, -0.15) is 0 Å². The molecule has 0 N–H and O–H groups in total. The molecule has 2 fully saturated rings. The number of furan rings is 1. The van der Waals surface area contributed by atoms with E-state index in [-0.39, 0.29) is 24.0 Å². The summed E-state index contributed by atoms with van der Waals surface area (Å²) < 4.78 is 17.4. The zero-order chi connectivity index (χ0) is 27.5. The molecule has 2 aromatic rings. The Morgan fingerprint density at radius 1 is 1.15 bits per heavy atom. The van der Waals surface area contributed by atoms with Crippen molar-refractivity contribution in [2.24, 2.45) is 5.92 Å². The zero-order valence-corrected chi connectivity index (χ0v) is 23.5. The summed E-state index contributed by atoms with van der Waals surface area (Å²) in [6.07, 6.45) is 6.35. The van der Waals surface area contributed by atoms with E-state index in [4.69, 9.17) is 13.9 Å². The van der Waals surface area contributed by atoms with Crippen LogP contribution in [-0.4, -0.2) is 78.7 Å². The number of rotatable bonds is 4. The molecule has 206 valence electrons. The first-order valence-electron chi connectivity index (χ1n) is 13.9. The summed E-state index contributed by atoms with van der Waals surface area (Å²) in [6.45, 7) is 8.43. The van der Waals surface area contributed by atoms with Gasteiger partial charge in [0.15, 0.2) is 5.76 Å². The second-order valence-corrected chi connectivity index (χ2v) is 11.1. The molecule has 3 aliphatic heterocycles. The molecule has 8 heteroatoms. The average Bonchev–Trinajstić information content (AvgIpc) is 3.32. The monoisotopic (exact) mass is 531 g/mol. The minimum atomic E-state index is -0.438. The Labute approximate surface area is 229 Å². The van der Waals surface area contributed by atoms with Crippen LogP contribution in [-0.2, 0) is 9.47 Å². The molecular formula is C31H37N3O5. The van der Waals surface area contributed by atoms with Crippen molar-refractivity contribution < 1.29 is 23.5 Å². The van der Waals surface area contributed by atoms with E-state index in [0.29, 0.717) is 44.8 Å². The number of aryl methyl sites for hydroxylation is 1. The third kappa shape index (κ3) is 3.83. The van der Waals surface area contributed by atoms with Crippen molar-refractivity contribution in [1.82, 2.24) is 14.7 Å². The first kappa shape index (κ1) is 25.7. The Bertz CT molecular complexity index is 1420. The number of likely N-dealkylation sites (N-methyl/N-ethyl adjacent to an activating group) is 1. The van der Waals surface area contributed by atoms with Crippen LogP contribution in [0.5, 0.6) is 0 Å². The molecular weight excluding hydrogens is 494 g/mol. The van der Waals surface area contributed by atoms with Gasteiger partial charge in [-0.15, -0.1) is 0 Å². The highest BCUT2D eigenvalue weighted by Crippen LogP contribution is 2.48. The fourth-order valence-corrected chi connectivity index (χ4v) is 7.17. The van der Waals surface area contributed by atoms with Crippen LogP contribution in [0.25, 0.3) is 11.0 Å². The number of nitrogens with zero attached hydrogens (tertiary/aromatic N) is 3. The molecule has 1 unspecified atom stereocenters. The molecule has 2 saturated heterocycles.